The maximum absolute atomic E-state index is 11.9. The SMILES string of the molecule is NC1(C(=O)NCCOc2cccc(Br)c2)CCCC1. The normalized spacial score (nSPS) is 17.2. The molecule has 0 atom stereocenters. The summed E-state index contributed by atoms with van der Waals surface area (Å²) >= 11 is 3.38. The fourth-order valence-electron chi connectivity index (χ4n) is 2.30. The maximum Gasteiger partial charge on any atom is 0.240 e. The van der Waals surface area contributed by atoms with Gasteiger partial charge in [-0.1, -0.05) is 34.8 Å². The number of rotatable bonds is 5. The summed E-state index contributed by atoms with van der Waals surface area (Å²) in [5, 5.41) is 2.85. The third-order valence-electron chi connectivity index (χ3n) is 3.40. The van der Waals surface area contributed by atoms with Crippen LogP contribution >= 0.6 is 15.9 Å². The smallest absolute Gasteiger partial charge is 0.240 e. The number of benzene rings is 1. The predicted molar refractivity (Wildman–Crippen MR) is 78.0 cm³/mol. The Balaban J connectivity index is 1.71. The Bertz CT molecular complexity index is 445. The van der Waals surface area contributed by atoms with Gasteiger partial charge in [-0.15, -0.1) is 0 Å². The first-order valence-corrected chi connectivity index (χ1v) is 7.35. The molecule has 1 aromatic carbocycles. The van der Waals surface area contributed by atoms with E-state index < -0.39 is 5.54 Å². The van der Waals surface area contributed by atoms with Crippen molar-refractivity contribution in [2.75, 3.05) is 13.2 Å². The van der Waals surface area contributed by atoms with Crippen molar-refractivity contribution in [3.8, 4) is 5.75 Å². The molecular formula is C14H19BrN2O2. The molecule has 0 heterocycles. The van der Waals surface area contributed by atoms with Crippen molar-refractivity contribution in [1.82, 2.24) is 5.32 Å². The van der Waals surface area contributed by atoms with E-state index in [-0.39, 0.29) is 5.91 Å². The molecule has 0 bridgehead atoms. The third kappa shape index (κ3) is 3.94. The second kappa shape index (κ2) is 6.39. The fraction of sp³-hybridized carbons (Fsp3) is 0.500. The molecule has 1 aliphatic rings. The van der Waals surface area contributed by atoms with Gasteiger partial charge in [0.2, 0.25) is 5.91 Å². The number of nitrogens with two attached hydrogens (primary N) is 1. The molecule has 0 spiro atoms. The van der Waals surface area contributed by atoms with Crippen LogP contribution in [0.4, 0.5) is 0 Å². The Labute approximate surface area is 121 Å². The molecule has 2 rings (SSSR count). The molecule has 5 heteroatoms. The maximum atomic E-state index is 11.9. The number of carbonyl (C=O) groups is 1. The highest BCUT2D eigenvalue weighted by atomic mass is 79.9. The van der Waals surface area contributed by atoms with E-state index in [0.717, 1.165) is 35.9 Å². The van der Waals surface area contributed by atoms with E-state index in [9.17, 15) is 4.79 Å². The molecule has 1 fully saturated rings. The Morgan fingerprint density at radius 2 is 2.16 bits per heavy atom. The summed E-state index contributed by atoms with van der Waals surface area (Å²) in [4.78, 5) is 11.9. The predicted octanol–water partition coefficient (Wildman–Crippen LogP) is 2.22. The molecule has 104 valence electrons. The van der Waals surface area contributed by atoms with E-state index in [4.69, 9.17) is 10.5 Å². The summed E-state index contributed by atoms with van der Waals surface area (Å²) in [7, 11) is 0. The van der Waals surface area contributed by atoms with Crippen molar-refractivity contribution in [2.24, 2.45) is 5.73 Å². The van der Waals surface area contributed by atoms with Gasteiger partial charge < -0.3 is 15.8 Å². The molecule has 0 aromatic heterocycles. The van der Waals surface area contributed by atoms with Crippen LogP contribution in [0.1, 0.15) is 25.7 Å². The van der Waals surface area contributed by atoms with Crippen LogP contribution in [0.2, 0.25) is 0 Å². The molecule has 4 nitrogen and oxygen atoms in total. The van der Waals surface area contributed by atoms with Gasteiger partial charge in [0.1, 0.15) is 12.4 Å². The molecule has 3 N–H and O–H groups in total. The van der Waals surface area contributed by atoms with E-state index >= 15 is 0 Å². The first-order valence-electron chi connectivity index (χ1n) is 6.56. The quantitative estimate of drug-likeness (QED) is 0.815. The van der Waals surface area contributed by atoms with E-state index in [1.807, 2.05) is 24.3 Å². The van der Waals surface area contributed by atoms with Gasteiger partial charge in [-0.2, -0.15) is 0 Å². The van der Waals surface area contributed by atoms with Crippen molar-refractivity contribution in [3.05, 3.63) is 28.7 Å². The second-order valence-corrected chi connectivity index (χ2v) is 5.84. The first-order chi connectivity index (χ1) is 9.10. The molecule has 0 aliphatic heterocycles. The highest BCUT2D eigenvalue weighted by Gasteiger charge is 2.36. The Kier molecular flexibility index (Phi) is 4.82. The van der Waals surface area contributed by atoms with E-state index in [2.05, 4.69) is 21.2 Å². The zero-order valence-electron chi connectivity index (χ0n) is 10.8. The van der Waals surface area contributed by atoms with Gasteiger partial charge in [-0.3, -0.25) is 4.79 Å². The minimum absolute atomic E-state index is 0.0529. The van der Waals surface area contributed by atoms with Gasteiger partial charge >= 0.3 is 0 Å². The van der Waals surface area contributed by atoms with Crippen LogP contribution < -0.4 is 15.8 Å². The van der Waals surface area contributed by atoms with Gasteiger partial charge in [-0.05, 0) is 31.0 Å². The molecule has 0 saturated heterocycles. The average molecular weight is 327 g/mol. The van der Waals surface area contributed by atoms with Crippen LogP contribution in [0.5, 0.6) is 5.75 Å². The monoisotopic (exact) mass is 326 g/mol. The minimum Gasteiger partial charge on any atom is -0.492 e. The topological polar surface area (TPSA) is 64.4 Å². The number of hydrogen-bond acceptors (Lipinski definition) is 3. The van der Waals surface area contributed by atoms with Crippen molar-refractivity contribution < 1.29 is 9.53 Å². The van der Waals surface area contributed by atoms with Crippen molar-refractivity contribution >= 4 is 21.8 Å². The van der Waals surface area contributed by atoms with Gasteiger partial charge in [0.05, 0.1) is 12.1 Å². The summed E-state index contributed by atoms with van der Waals surface area (Å²) < 4.78 is 6.52. The van der Waals surface area contributed by atoms with Crippen LogP contribution in [0.15, 0.2) is 28.7 Å². The zero-order valence-corrected chi connectivity index (χ0v) is 12.4. The number of halogens is 1. The molecular weight excluding hydrogens is 308 g/mol. The molecule has 0 radical (unpaired) electrons. The zero-order chi connectivity index (χ0) is 13.7. The van der Waals surface area contributed by atoms with Crippen LogP contribution in [0.25, 0.3) is 0 Å². The lowest BCUT2D eigenvalue weighted by molar-refractivity contribution is -0.126. The third-order valence-corrected chi connectivity index (χ3v) is 3.89. The van der Waals surface area contributed by atoms with Gasteiger partial charge in [0.25, 0.3) is 0 Å². The molecule has 19 heavy (non-hydrogen) atoms. The summed E-state index contributed by atoms with van der Waals surface area (Å²) in [5.41, 5.74) is 5.40. The van der Waals surface area contributed by atoms with Crippen LogP contribution in [-0.4, -0.2) is 24.6 Å². The largest absolute Gasteiger partial charge is 0.492 e. The number of carbonyl (C=O) groups excluding carboxylic acids is 1. The first kappa shape index (κ1) is 14.3. The highest BCUT2D eigenvalue weighted by molar-refractivity contribution is 9.10. The van der Waals surface area contributed by atoms with Crippen LogP contribution in [-0.2, 0) is 4.79 Å². The number of ether oxygens (including phenoxy) is 1. The number of hydrogen-bond donors (Lipinski definition) is 2. The lowest BCUT2D eigenvalue weighted by atomic mass is 9.98. The van der Waals surface area contributed by atoms with Gasteiger partial charge in [0, 0.05) is 4.47 Å². The number of nitrogens with one attached hydrogen (secondary N) is 1. The van der Waals surface area contributed by atoms with E-state index in [1.165, 1.54) is 0 Å². The minimum atomic E-state index is -0.657. The summed E-state index contributed by atoms with van der Waals surface area (Å²) in [6.07, 6.45) is 3.65. The molecule has 1 amide bonds. The summed E-state index contributed by atoms with van der Waals surface area (Å²) in [6, 6.07) is 7.62. The van der Waals surface area contributed by atoms with E-state index in [0.29, 0.717) is 13.2 Å². The second-order valence-electron chi connectivity index (χ2n) is 4.92. The van der Waals surface area contributed by atoms with Gasteiger partial charge in [0.15, 0.2) is 0 Å². The van der Waals surface area contributed by atoms with Crippen molar-refractivity contribution in [1.29, 1.82) is 0 Å². The molecule has 1 saturated carbocycles. The number of amides is 1. The lowest BCUT2D eigenvalue weighted by Crippen LogP contribution is -2.52. The Hall–Kier alpha value is -1.07. The summed E-state index contributed by atoms with van der Waals surface area (Å²) in [6.45, 7) is 0.919. The average Bonchev–Trinajstić information content (AvgIpc) is 2.83. The highest BCUT2D eigenvalue weighted by Crippen LogP contribution is 2.27. The summed E-state index contributed by atoms with van der Waals surface area (Å²) in [5.74, 6) is 0.731. The Morgan fingerprint density at radius 1 is 1.42 bits per heavy atom. The van der Waals surface area contributed by atoms with Crippen molar-refractivity contribution in [2.45, 2.75) is 31.2 Å². The van der Waals surface area contributed by atoms with Gasteiger partial charge in [-0.25, -0.2) is 0 Å². The van der Waals surface area contributed by atoms with Crippen LogP contribution in [0.3, 0.4) is 0 Å². The lowest BCUT2D eigenvalue weighted by Gasteiger charge is -2.22. The molecule has 1 aromatic rings. The molecule has 1 aliphatic carbocycles. The fourth-order valence-corrected chi connectivity index (χ4v) is 2.68. The van der Waals surface area contributed by atoms with Crippen molar-refractivity contribution in [3.63, 3.8) is 0 Å². The standard InChI is InChI=1S/C14H19BrN2O2/c15-11-4-3-5-12(10-11)19-9-8-17-13(18)14(16)6-1-2-7-14/h3-5,10H,1-2,6-9,16H2,(H,17,18). The molecule has 0 unspecified atom stereocenters. The van der Waals surface area contributed by atoms with E-state index in [1.54, 1.807) is 0 Å². The Morgan fingerprint density at radius 3 is 2.84 bits per heavy atom. The van der Waals surface area contributed by atoms with Crippen LogP contribution in [0, 0.1) is 0 Å².